The third-order valence-corrected chi connectivity index (χ3v) is 3.84. The van der Waals surface area contributed by atoms with E-state index in [2.05, 4.69) is 15.9 Å². The van der Waals surface area contributed by atoms with E-state index in [1.165, 1.54) is 19.2 Å². The lowest BCUT2D eigenvalue weighted by atomic mass is 10.1. The summed E-state index contributed by atoms with van der Waals surface area (Å²) in [5, 5.41) is 10.7. The molecule has 0 N–H and O–H groups in total. The van der Waals surface area contributed by atoms with Gasteiger partial charge >= 0.3 is 5.97 Å². The minimum Gasteiger partial charge on any atom is -0.469 e. The molecule has 2 rings (SSSR count). The summed E-state index contributed by atoms with van der Waals surface area (Å²) in [6.45, 7) is 1.30. The molecule has 7 heteroatoms. The Labute approximate surface area is 118 Å². The standard InChI is InChI=1S/C12H13BrN2O4/c1-19-12(16)8-4-5-14(7-8)11-3-2-9(15(17)18)6-10(11)13/h2-3,6,8H,4-5,7H2,1H3. The molecule has 1 atom stereocenters. The lowest BCUT2D eigenvalue weighted by Gasteiger charge is -2.19. The number of rotatable bonds is 3. The van der Waals surface area contributed by atoms with Gasteiger partial charge in [-0.05, 0) is 28.4 Å². The van der Waals surface area contributed by atoms with E-state index in [1.807, 2.05) is 4.90 Å². The minimum atomic E-state index is -0.435. The number of esters is 1. The van der Waals surface area contributed by atoms with Gasteiger partial charge in [0.1, 0.15) is 0 Å². The van der Waals surface area contributed by atoms with E-state index in [-0.39, 0.29) is 17.6 Å². The highest BCUT2D eigenvalue weighted by Gasteiger charge is 2.30. The first-order chi connectivity index (χ1) is 9.02. The van der Waals surface area contributed by atoms with Gasteiger partial charge in [0.25, 0.3) is 5.69 Å². The van der Waals surface area contributed by atoms with Crippen LogP contribution in [0, 0.1) is 16.0 Å². The highest BCUT2D eigenvalue weighted by atomic mass is 79.9. The highest BCUT2D eigenvalue weighted by Crippen LogP contribution is 2.33. The van der Waals surface area contributed by atoms with Crippen molar-refractivity contribution in [2.45, 2.75) is 6.42 Å². The molecular formula is C12H13BrN2O4. The summed E-state index contributed by atoms with van der Waals surface area (Å²) < 4.78 is 5.39. The highest BCUT2D eigenvalue weighted by molar-refractivity contribution is 9.10. The molecule has 1 saturated heterocycles. The summed E-state index contributed by atoms with van der Waals surface area (Å²) in [5.41, 5.74) is 0.899. The Morgan fingerprint density at radius 3 is 2.89 bits per heavy atom. The summed E-state index contributed by atoms with van der Waals surface area (Å²) in [6, 6.07) is 4.63. The van der Waals surface area contributed by atoms with E-state index in [0.29, 0.717) is 11.0 Å². The van der Waals surface area contributed by atoms with Crippen molar-refractivity contribution in [3.05, 3.63) is 32.8 Å². The number of nitro groups is 1. The van der Waals surface area contributed by atoms with E-state index in [4.69, 9.17) is 4.74 Å². The van der Waals surface area contributed by atoms with Gasteiger partial charge in [0.15, 0.2) is 0 Å². The number of nitrogens with zero attached hydrogens (tertiary/aromatic N) is 2. The van der Waals surface area contributed by atoms with E-state index in [1.54, 1.807) is 6.07 Å². The van der Waals surface area contributed by atoms with Crippen molar-refractivity contribution < 1.29 is 14.5 Å². The first kappa shape index (κ1) is 13.8. The molecule has 0 aliphatic carbocycles. The SMILES string of the molecule is COC(=O)C1CCN(c2ccc([N+](=O)[O-])cc2Br)C1. The second-order valence-electron chi connectivity index (χ2n) is 4.35. The van der Waals surface area contributed by atoms with Crippen molar-refractivity contribution in [3.8, 4) is 0 Å². The fraction of sp³-hybridized carbons (Fsp3) is 0.417. The summed E-state index contributed by atoms with van der Waals surface area (Å²) in [7, 11) is 1.38. The van der Waals surface area contributed by atoms with Gasteiger partial charge in [-0.25, -0.2) is 0 Å². The maximum absolute atomic E-state index is 11.5. The topological polar surface area (TPSA) is 72.7 Å². The number of ether oxygens (including phenoxy) is 1. The molecule has 1 fully saturated rings. The molecule has 1 unspecified atom stereocenters. The predicted octanol–water partition coefficient (Wildman–Crippen LogP) is 2.36. The van der Waals surface area contributed by atoms with Crippen LogP contribution in [0.15, 0.2) is 22.7 Å². The maximum atomic E-state index is 11.5. The third-order valence-electron chi connectivity index (χ3n) is 3.21. The number of hydrogen-bond acceptors (Lipinski definition) is 5. The predicted molar refractivity (Wildman–Crippen MR) is 73.1 cm³/mol. The normalized spacial score (nSPS) is 18.4. The molecule has 1 aromatic carbocycles. The summed E-state index contributed by atoms with van der Waals surface area (Å²) in [4.78, 5) is 23.7. The number of carbonyl (C=O) groups excluding carboxylic acids is 1. The molecule has 1 heterocycles. The molecule has 6 nitrogen and oxygen atoms in total. The van der Waals surface area contributed by atoms with Crippen molar-refractivity contribution in [1.29, 1.82) is 0 Å². The monoisotopic (exact) mass is 328 g/mol. The van der Waals surface area contributed by atoms with Gasteiger partial charge < -0.3 is 9.64 Å². The van der Waals surface area contributed by atoms with E-state index in [0.717, 1.165) is 18.7 Å². The number of benzene rings is 1. The summed E-state index contributed by atoms with van der Waals surface area (Å²) >= 11 is 3.34. The van der Waals surface area contributed by atoms with Crippen molar-refractivity contribution in [1.82, 2.24) is 0 Å². The van der Waals surface area contributed by atoms with Crippen LogP contribution in [0.5, 0.6) is 0 Å². The molecule has 0 aromatic heterocycles. The number of nitro benzene ring substituents is 1. The average molecular weight is 329 g/mol. The molecule has 1 aromatic rings. The molecule has 0 amide bonds. The first-order valence-electron chi connectivity index (χ1n) is 5.79. The average Bonchev–Trinajstić information content (AvgIpc) is 2.87. The molecule has 0 spiro atoms. The first-order valence-corrected chi connectivity index (χ1v) is 6.59. The molecule has 0 radical (unpaired) electrons. The van der Waals surface area contributed by atoms with E-state index in [9.17, 15) is 14.9 Å². The van der Waals surface area contributed by atoms with Crippen molar-refractivity contribution in [3.63, 3.8) is 0 Å². The summed E-state index contributed by atoms with van der Waals surface area (Å²) in [6.07, 6.45) is 0.732. The van der Waals surface area contributed by atoms with Gasteiger partial charge in [-0.3, -0.25) is 14.9 Å². The van der Waals surface area contributed by atoms with Gasteiger partial charge in [0, 0.05) is 29.7 Å². The lowest BCUT2D eigenvalue weighted by Crippen LogP contribution is -2.23. The number of methoxy groups -OCH3 is 1. The Bertz CT molecular complexity index is 520. The number of halogens is 1. The van der Waals surface area contributed by atoms with Crippen LogP contribution in [0.25, 0.3) is 0 Å². The van der Waals surface area contributed by atoms with Gasteiger partial charge in [0.05, 0.1) is 23.6 Å². The van der Waals surface area contributed by atoms with E-state index >= 15 is 0 Å². The molecule has 0 bridgehead atoms. The Morgan fingerprint density at radius 1 is 1.58 bits per heavy atom. The number of non-ortho nitro benzene ring substituents is 1. The molecule has 102 valence electrons. The zero-order chi connectivity index (χ0) is 14.0. The van der Waals surface area contributed by atoms with Gasteiger partial charge in [-0.15, -0.1) is 0 Å². The second-order valence-corrected chi connectivity index (χ2v) is 5.20. The largest absolute Gasteiger partial charge is 0.469 e. The quantitative estimate of drug-likeness (QED) is 0.484. The van der Waals surface area contributed by atoms with Crippen LogP contribution in [0.2, 0.25) is 0 Å². The van der Waals surface area contributed by atoms with Crippen molar-refractivity contribution in [2.75, 3.05) is 25.1 Å². The second kappa shape index (κ2) is 5.56. The fourth-order valence-electron chi connectivity index (χ4n) is 2.20. The zero-order valence-corrected chi connectivity index (χ0v) is 11.9. The third kappa shape index (κ3) is 2.86. The Morgan fingerprint density at radius 2 is 2.32 bits per heavy atom. The molecule has 19 heavy (non-hydrogen) atoms. The minimum absolute atomic E-state index is 0.0411. The van der Waals surface area contributed by atoms with Crippen molar-refractivity contribution in [2.24, 2.45) is 5.92 Å². The van der Waals surface area contributed by atoms with Crippen molar-refractivity contribution >= 4 is 33.3 Å². The smallest absolute Gasteiger partial charge is 0.310 e. The van der Waals surface area contributed by atoms with Crippen LogP contribution in [-0.2, 0) is 9.53 Å². The molecule has 0 saturated carbocycles. The number of anilines is 1. The number of hydrogen-bond donors (Lipinski definition) is 0. The van der Waals surface area contributed by atoms with Gasteiger partial charge in [0.2, 0.25) is 0 Å². The molecular weight excluding hydrogens is 316 g/mol. The fourth-order valence-corrected chi connectivity index (χ4v) is 2.82. The Kier molecular flexibility index (Phi) is 4.04. The Balaban J connectivity index is 2.16. The molecule has 1 aliphatic rings. The van der Waals surface area contributed by atoms with Crippen LogP contribution in [0.4, 0.5) is 11.4 Å². The summed E-state index contributed by atoms with van der Waals surface area (Å²) in [5.74, 6) is -0.340. The van der Waals surface area contributed by atoms with E-state index < -0.39 is 4.92 Å². The van der Waals surface area contributed by atoms with Crippen LogP contribution in [0.1, 0.15) is 6.42 Å². The van der Waals surface area contributed by atoms with Crippen LogP contribution in [0.3, 0.4) is 0 Å². The maximum Gasteiger partial charge on any atom is 0.310 e. The van der Waals surface area contributed by atoms with Crippen LogP contribution in [-0.4, -0.2) is 31.1 Å². The van der Waals surface area contributed by atoms with Crippen LogP contribution >= 0.6 is 15.9 Å². The lowest BCUT2D eigenvalue weighted by molar-refractivity contribution is -0.384. The van der Waals surface area contributed by atoms with Crippen LogP contribution < -0.4 is 4.90 Å². The Hall–Kier alpha value is -1.63. The van der Waals surface area contributed by atoms with Gasteiger partial charge in [-0.2, -0.15) is 0 Å². The van der Waals surface area contributed by atoms with Gasteiger partial charge in [-0.1, -0.05) is 0 Å². The molecule has 1 aliphatic heterocycles. The number of carbonyl (C=O) groups is 1. The zero-order valence-electron chi connectivity index (χ0n) is 10.3.